The van der Waals surface area contributed by atoms with Crippen LogP contribution in [0.15, 0.2) is 24.3 Å². The third-order valence-corrected chi connectivity index (χ3v) is 4.60. The number of halogens is 1. The van der Waals surface area contributed by atoms with E-state index in [0.29, 0.717) is 12.2 Å². The van der Waals surface area contributed by atoms with Crippen LogP contribution in [-0.2, 0) is 20.5 Å². The Kier molecular flexibility index (Phi) is 4.54. The molecule has 2 atom stereocenters. The number of nitrogens with one attached hydrogen (secondary N) is 1. The van der Waals surface area contributed by atoms with E-state index in [2.05, 4.69) is 4.72 Å². The minimum absolute atomic E-state index is 0.0528. The Morgan fingerprint density at radius 1 is 1.42 bits per heavy atom. The molecular weight excluding hydrogens is 269 g/mol. The Labute approximate surface area is 113 Å². The van der Waals surface area contributed by atoms with Gasteiger partial charge >= 0.3 is 0 Å². The maximum atomic E-state index is 12.8. The normalized spacial score (nSPS) is 21.5. The molecule has 1 aromatic rings. The summed E-state index contributed by atoms with van der Waals surface area (Å²) in [5.41, 5.74) is 0.563. The fraction of sp³-hybridized carbons (Fsp3) is 0.538. The van der Waals surface area contributed by atoms with Gasteiger partial charge in [-0.2, -0.15) is 0 Å². The maximum Gasteiger partial charge on any atom is 0.216 e. The first-order chi connectivity index (χ1) is 8.96. The molecule has 106 valence electrons. The van der Waals surface area contributed by atoms with Crippen molar-refractivity contribution < 1.29 is 17.5 Å². The molecule has 0 saturated carbocycles. The van der Waals surface area contributed by atoms with Crippen molar-refractivity contribution >= 4 is 10.0 Å². The Morgan fingerprint density at radius 3 is 2.68 bits per heavy atom. The zero-order chi connectivity index (χ0) is 13.9. The van der Waals surface area contributed by atoms with E-state index in [-0.39, 0.29) is 23.7 Å². The van der Waals surface area contributed by atoms with Crippen molar-refractivity contribution in [3.63, 3.8) is 0 Å². The Hall–Kier alpha value is -0.980. The lowest BCUT2D eigenvalue weighted by atomic mass is 10.1. The van der Waals surface area contributed by atoms with E-state index >= 15 is 0 Å². The number of ether oxygens (including phenoxy) is 1. The minimum Gasteiger partial charge on any atom is -0.377 e. The van der Waals surface area contributed by atoms with Crippen molar-refractivity contribution in [1.82, 2.24) is 4.72 Å². The van der Waals surface area contributed by atoms with Gasteiger partial charge in [0.1, 0.15) is 5.82 Å². The summed E-state index contributed by atoms with van der Waals surface area (Å²) in [6.45, 7) is 2.49. The average molecular weight is 287 g/mol. The van der Waals surface area contributed by atoms with Crippen LogP contribution in [-0.4, -0.2) is 27.2 Å². The van der Waals surface area contributed by atoms with Crippen LogP contribution in [0.2, 0.25) is 0 Å². The van der Waals surface area contributed by atoms with Crippen LogP contribution in [0.4, 0.5) is 4.39 Å². The molecule has 0 unspecified atom stereocenters. The van der Waals surface area contributed by atoms with Gasteiger partial charge in [0.05, 0.1) is 11.9 Å². The maximum absolute atomic E-state index is 12.8. The van der Waals surface area contributed by atoms with Crippen LogP contribution >= 0.6 is 0 Å². The molecule has 1 aromatic carbocycles. The first kappa shape index (κ1) is 14.4. The number of hydrogen-bond donors (Lipinski definition) is 1. The summed E-state index contributed by atoms with van der Waals surface area (Å²) in [5, 5.41) is 0. The van der Waals surface area contributed by atoms with Gasteiger partial charge in [-0.25, -0.2) is 17.5 Å². The molecule has 0 aliphatic carbocycles. The van der Waals surface area contributed by atoms with Gasteiger partial charge in [0, 0.05) is 12.6 Å². The lowest BCUT2D eigenvalue weighted by molar-refractivity contribution is 0.0902. The first-order valence-corrected chi connectivity index (χ1v) is 7.97. The van der Waals surface area contributed by atoms with Gasteiger partial charge in [0.2, 0.25) is 10.0 Å². The summed E-state index contributed by atoms with van der Waals surface area (Å²) in [6, 6.07) is 5.23. The van der Waals surface area contributed by atoms with Gasteiger partial charge in [0.25, 0.3) is 0 Å². The molecule has 1 N–H and O–H groups in total. The molecule has 0 radical (unpaired) electrons. The highest BCUT2D eigenvalue weighted by Gasteiger charge is 2.26. The molecule has 0 aromatic heterocycles. The minimum atomic E-state index is -3.44. The molecule has 4 nitrogen and oxygen atoms in total. The van der Waals surface area contributed by atoms with E-state index in [4.69, 9.17) is 4.74 Å². The number of sulfonamides is 1. The number of benzene rings is 1. The van der Waals surface area contributed by atoms with E-state index in [1.54, 1.807) is 6.92 Å². The summed E-state index contributed by atoms with van der Waals surface area (Å²) in [7, 11) is -3.44. The smallest absolute Gasteiger partial charge is 0.216 e. The van der Waals surface area contributed by atoms with Gasteiger partial charge in [0.15, 0.2) is 0 Å². The molecule has 1 heterocycles. The zero-order valence-electron chi connectivity index (χ0n) is 10.8. The first-order valence-electron chi connectivity index (χ1n) is 6.32. The fourth-order valence-electron chi connectivity index (χ4n) is 2.20. The quantitative estimate of drug-likeness (QED) is 0.898. The summed E-state index contributed by atoms with van der Waals surface area (Å²) in [4.78, 5) is 0. The summed E-state index contributed by atoms with van der Waals surface area (Å²) < 4.78 is 44.8. The van der Waals surface area contributed by atoms with Crippen molar-refractivity contribution in [2.24, 2.45) is 0 Å². The Balaban J connectivity index is 1.96. The van der Waals surface area contributed by atoms with Crippen LogP contribution in [0.3, 0.4) is 0 Å². The lowest BCUT2D eigenvalue weighted by Crippen LogP contribution is -2.41. The second-order valence-electron chi connectivity index (χ2n) is 4.84. The lowest BCUT2D eigenvalue weighted by Gasteiger charge is -2.19. The highest BCUT2D eigenvalue weighted by Crippen LogP contribution is 2.16. The largest absolute Gasteiger partial charge is 0.377 e. The molecule has 1 aliphatic rings. The Bertz CT molecular complexity index is 509. The molecule has 0 spiro atoms. The summed E-state index contributed by atoms with van der Waals surface area (Å²) in [6.07, 6.45) is 1.79. The van der Waals surface area contributed by atoms with Crippen LogP contribution in [0, 0.1) is 5.82 Å². The molecular formula is C13H18FNO3S. The predicted octanol–water partition coefficient (Wildman–Crippen LogP) is 1.81. The molecule has 1 saturated heterocycles. The molecule has 0 amide bonds. The topological polar surface area (TPSA) is 55.4 Å². The summed E-state index contributed by atoms with van der Waals surface area (Å²) >= 11 is 0. The molecule has 6 heteroatoms. The van der Waals surface area contributed by atoms with Gasteiger partial charge in [-0.05, 0) is 37.5 Å². The second-order valence-corrected chi connectivity index (χ2v) is 6.60. The number of rotatable bonds is 5. The van der Waals surface area contributed by atoms with Crippen LogP contribution < -0.4 is 4.72 Å². The van der Waals surface area contributed by atoms with Crippen LogP contribution in [0.25, 0.3) is 0 Å². The van der Waals surface area contributed by atoms with Gasteiger partial charge in [-0.3, -0.25) is 0 Å². The van der Waals surface area contributed by atoms with E-state index in [1.807, 2.05) is 0 Å². The third-order valence-electron chi connectivity index (χ3n) is 3.16. The molecule has 2 rings (SSSR count). The van der Waals surface area contributed by atoms with Gasteiger partial charge in [-0.1, -0.05) is 12.1 Å². The summed E-state index contributed by atoms with van der Waals surface area (Å²) in [5.74, 6) is -0.522. The average Bonchev–Trinajstić information content (AvgIpc) is 2.85. The zero-order valence-corrected chi connectivity index (χ0v) is 11.6. The monoisotopic (exact) mass is 287 g/mol. The van der Waals surface area contributed by atoms with Gasteiger partial charge in [-0.15, -0.1) is 0 Å². The molecule has 1 aliphatic heterocycles. The van der Waals surface area contributed by atoms with Crippen molar-refractivity contribution in [1.29, 1.82) is 0 Å². The van der Waals surface area contributed by atoms with Crippen molar-refractivity contribution in [3.8, 4) is 0 Å². The molecule has 1 fully saturated rings. The number of hydrogen-bond acceptors (Lipinski definition) is 3. The van der Waals surface area contributed by atoms with Crippen LogP contribution in [0.1, 0.15) is 25.3 Å². The third kappa shape index (κ3) is 4.26. The van der Waals surface area contributed by atoms with Crippen LogP contribution in [0.5, 0.6) is 0 Å². The highest BCUT2D eigenvalue weighted by molar-refractivity contribution is 7.88. The van der Waals surface area contributed by atoms with Crippen molar-refractivity contribution in [2.45, 2.75) is 37.7 Å². The SMILES string of the molecule is C[C@@H](NS(=O)(=O)Cc1ccc(F)cc1)[C@@H]1CCCO1. The standard InChI is InChI=1S/C13H18FNO3S/c1-10(13-3-2-8-18-13)15-19(16,17)9-11-4-6-12(14)7-5-11/h4-7,10,13,15H,2-3,8-9H2,1H3/t10-,13+/m1/s1. The fourth-order valence-corrected chi connectivity index (χ4v) is 3.63. The van der Waals surface area contributed by atoms with Crippen molar-refractivity contribution in [3.05, 3.63) is 35.6 Å². The second kappa shape index (κ2) is 5.98. The van der Waals surface area contributed by atoms with E-state index < -0.39 is 10.0 Å². The predicted molar refractivity (Wildman–Crippen MR) is 70.6 cm³/mol. The van der Waals surface area contributed by atoms with Gasteiger partial charge < -0.3 is 4.74 Å². The Morgan fingerprint density at radius 2 is 2.11 bits per heavy atom. The van der Waals surface area contributed by atoms with E-state index in [1.165, 1.54) is 24.3 Å². The molecule has 0 bridgehead atoms. The van der Waals surface area contributed by atoms with E-state index in [9.17, 15) is 12.8 Å². The molecule has 19 heavy (non-hydrogen) atoms. The van der Waals surface area contributed by atoms with E-state index in [0.717, 1.165) is 12.8 Å². The van der Waals surface area contributed by atoms with Crippen molar-refractivity contribution in [2.75, 3.05) is 6.61 Å². The highest BCUT2D eigenvalue weighted by atomic mass is 32.2.